The van der Waals surface area contributed by atoms with Crippen LogP contribution >= 0.6 is 0 Å². The minimum absolute atomic E-state index is 0.0552. The molecule has 2 aromatic carbocycles. The summed E-state index contributed by atoms with van der Waals surface area (Å²) in [5, 5.41) is 2.94. The van der Waals surface area contributed by atoms with E-state index in [0.717, 1.165) is 48.9 Å². The first kappa shape index (κ1) is 20.3. The van der Waals surface area contributed by atoms with Gasteiger partial charge in [0.1, 0.15) is 23.7 Å². The SMILES string of the molecule is Cc1ccc(NC(=O)CN2C(=O)C(c3ccc(F)cc3)=NC23CCCCC3)c(C)c1. The van der Waals surface area contributed by atoms with Crippen LogP contribution in [0.15, 0.2) is 47.5 Å². The van der Waals surface area contributed by atoms with Gasteiger partial charge in [0.05, 0.1) is 0 Å². The van der Waals surface area contributed by atoms with Crippen LogP contribution in [-0.2, 0) is 9.59 Å². The van der Waals surface area contributed by atoms with Gasteiger partial charge < -0.3 is 10.2 Å². The summed E-state index contributed by atoms with van der Waals surface area (Å²) in [4.78, 5) is 32.6. The Morgan fingerprint density at radius 3 is 2.47 bits per heavy atom. The number of anilines is 1. The maximum Gasteiger partial charge on any atom is 0.275 e. The number of hydrogen-bond acceptors (Lipinski definition) is 3. The first-order chi connectivity index (χ1) is 14.4. The van der Waals surface area contributed by atoms with E-state index in [1.54, 1.807) is 17.0 Å². The molecule has 1 aliphatic carbocycles. The van der Waals surface area contributed by atoms with Crippen molar-refractivity contribution in [2.24, 2.45) is 4.99 Å². The number of nitrogens with zero attached hydrogens (tertiary/aromatic N) is 2. The van der Waals surface area contributed by atoms with E-state index < -0.39 is 5.66 Å². The van der Waals surface area contributed by atoms with Crippen LogP contribution in [0, 0.1) is 19.7 Å². The van der Waals surface area contributed by atoms with E-state index >= 15 is 0 Å². The smallest absolute Gasteiger partial charge is 0.275 e. The van der Waals surface area contributed by atoms with Gasteiger partial charge in [0.25, 0.3) is 5.91 Å². The van der Waals surface area contributed by atoms with E-state index in [-0.39, 0.29) is 24.2 Å². The van der Waals surface area contributed by atoms with Crippen molar-refractivity contribution >= 4 is 23.2 Å². The van der Waals surface area contributed by atoms with Crippen LogP contribution in [0.4, 0.5) is 10.1 Å². The Morgan fingerprint density at radius 2 is 1.80 bits per heavy atom. The quantitative estimate of drug-likeness (QED) is 0.818. The molecule has 0 aromatic heterocycles. The molecule has 0 unspecified atom stereocenters. The van der Waals surface area contributed by atoms with E-state index in [0.29, 0.717) is 11.3 Å². The normalized spacial score (nSPS) is 17.9. The minimum Gasteiger partial charge on any atom is -0.324 e. The molecule has 1 fully saturated rings. The van der Waals surface area contributed by atoms with E-state index in [2.05, 4.69) is 5.32 Å². The van der Waals surface area contributed by atoms with E-state index in [1.165, 1.54) is 12.1 Å². The van der Waals surface area contributed by atoms with Gasteiger partial charge in [-0.1, -0.05) is 24.1 Å². The number of carbonyl (C=O) groups is 2. The lowest BCUT2D eigenvalue weighted by molar-refractivity contribution is -0.134. The van der Waals surface area contributed by atoms with Crippen molar-refractivity contribution in [3.05, 3.63) is 65.0 Å². The molecule has 2 aliphatic rings. The third kappa shape index (κ3) is 3.86. The molecule has 6 heteroatoms. The summed E-state index contributed by atoms with van der Waals surface area (Å²) in [6, 6.07) is 11.6. The first-order valence-corrected chi connectivity index (χ1v) is 10.4. The van der Waals surface area contributed by atoms with Crippen LogP contribution in [0.25, 0.3) is 0 Å². The fraction of sp³-hybridized carbons (Fsp3) is 0.375. The number of aliphatic imine (C=N–C) groups is 1. The number of benzene rings is 2. The molecule has 5 nitrogen and oxygen atoms in total. The lowest BCUT2D eigenvalue weighted by Gasteiger charge is -2.38. The van der Waals surface area contributed by atoms with Crippen molar-refractivity contribution in [1.29, 1.82) is 0 Å². The molecular formula is C24H26FN3O2. The molecule has 2 aromatic rings. The van der Waals surface area contributed by atoms with Gasteiger partial charge in [0.2, 0.25) is 5.91 Å². The third-order valence-electron chi connectivity index (χ3n) is 6.00. The standard InChI is InChI=1S/C24H26FN3O2/c1-16-6-11-20(17(2)14-16)26-21(29)15-28-23(30)22(18-7-9-19(25)10-8-18)27-24(28)12-4-3-5-13-24/h6-11,14H,3-5,12-13,15H2,1-2H3,(H,26,29). The molecule has 4 rings (SSSR count). The average molecular weight is 407 g/mol. The molecule has 0 atom stereocenters. The van der Waals surface area contributed by atoms with Gasteiger partial charge in [-0.2, -0.15) is 0 Å². The van der Waals surface area contributed by atoms with Gasteiger partial charge in [0.15, 0.2) is 0 Å². The topological polar surface area (TPSA) is 61.8 Å². The number of aryl methyl sites for hydroxylation is 2. The summed E-state index contributed by atoms with van der Waals surface area (Å²) in [5.74, 6) is -0.864. The second kappa shape index (κ2) is 8.01. The van der Waals surface area contributed by atoms with Crippen LogP contribution in [0.5, 0.6) is 0 Å². The molecule has 2 amide bonds. The maximum absolute atomic E-state index is 13.3. The van der Waals surface area contributed by atoms with Gasteiger partial charge in [-0.25, -0.2) is 4.39 Å². The van der Waals surface area contributed by atoms with Gasteiger partial charge in [0, 0.05) is 11.3 Å². The van der Waals surface area contributed by atoms with Crippen molar-refractivity contribution in [3.8, 4) is 0 Å². The Balaban J connectivity index is 1.58. The number of halogens is 1. The maximum atomic E-state index is 13.3. The van der Waals surface area contributed by atoms with E-state index in [1.807, 2.05) is 32.0 Å². The fourth-order valence-electron chi connectivity index (χ4n) is 4.43. The second-order valence-corrected chi connectivity index (χ2v) is 8.27. The molecule has 1 spiro atoms. The lowest BCUT2D eigenvalue weighted by atomic mass is 9.88. The molecule has 0 saturated heterocycles. The zero-order valence-corrected chi connectivity index (χ0v) is 17.4. The largest absolute Gasteiger partial charge is 0.324 e. The molecule has 0 bridgehead atoms. The number of carbonyl (C=O) groups excluding carboxylic acids is 2. The number of nitrogens with one attached hydrogen (secondary N) is 1. The summed E-state index contributed by atoms with van der Waals surface area (Å²) in [6.07, 6.45) is 4.49. The Hall–Kier alpha value is -3.02. The predicted octanol–water partition coefficient (Wildman–Crippen LogP) is 4.37. The van der Waals surface area contributed by atoms with Crippen molar-refractivity contribution in [2.75, 3.05) is 11.9 Å². The Labute approximate surface area is 176 Å². The zero-order valence-electron chi connectivity index (χ0n) is 17.4. The van der Waals surface area contributed by atoms with Crippen molar-refractivity contribution < 1.29 is 14.0 Å². The zero-order chi connectivity index (χ0) is 21.3. The number of hydrogen-bond donors (Lipinski definition) is 1. The fourth-order valence-corrected chi connectivity index (χ4v) is 4.43. The summed E-state index contributed by atoms with van der Waals surface area (Å²) >= 11 is 0. The third-order valence-corrected chi connectivity index (χ3v) is 6.00. The van der Waals surface area contributed by atoms with Crippen LogP contribution in [0.1, 0.15) is 48.8 Å². The molecule has 0 radical (unpaired) electrons. The summed E-state index contributed by atoms with van der Waals surface area (Å²) < 4.78 is 13.3. The molecule has 30 heavy (non-hydrogen) atoms. The van der Waals surface area contributed by atoms with Crippen molar-refractivity contribution in [3.63, 3.8) is 0 Å². The lowest BCUT2D eigenvalue weighted by Crippen LogP contribution is -2.51. The van der Waals surface area contributed by atoms with Crippen molar-refractivity contribution in [1.82, 2.24) is 4.90 Å². The molecule has 1 aliphatic heterocycles. The summed E-state index contributed by atoms with van der Waals surface area (Å²) in [7, 11) is 0. The van der Waals surface area contributed by atoms with Crippen LogP contribution in [0.3, 0.4) is 0 Å². The summed E-state index contributed by atoms with van der Waals surface area (Å²) in [6.45, 7) is 3.89. The highest BCUT2D eigenvalue weighted by molar-refractivity contribution is 6.47. The van der Waals surface area contributed by atoms with E-state index in [4.69, 9.17) is 4.99 Å². The summed E-state index contributed by atoms with van der Waals surface area (Å²) in [5.41, 5.74) is 3.07. The molecule has 1 N–H and O–H groups in total. The molecule has 1 saturated carbocycles. The van der Waals surface area contributed by atoms with E-state index in [9.17, 15) is 14.0 Å². The van der Waals surface area contributed by atoms with Gasteiger partial charge >= 0.3 is 0 Å². The Bertz CT molecular complexity index is 1010. The first-order valence-electron chi connectivity index (χ1n) is 10.4. The molecule has 156 valence electrons. The van der Waals surface area contributed by atoms with Gasteiger partial charge in [-0.15, -0.1) is 0 Å². The molecular weight excluding hydrogens is 381 g/mol. The van der Waals surface area contributed by atoms with Crippen molar-refractivity contribution in [2.45, 2.75) is 51.6 Å². The van der Waals surface area contributed by atoms with Crippen LogP contribution < -0.4 is 5.32 Å². The van der Waals surface area contributed by atoms with Crippen LogP contribution in [0.2, 0.25) is 0 Å². The van der Waals surface area contributed by atoms with Gasteiger partial charge in [-0.3, -0.25) is 14.6 Å². The minimum atomic E-state index is -0.682. The highest BCUT2D eigenvalue weighted by Crippen LogP contribution is 2.39. The molecule has 1 heterocycles. The number of rotatable bonds is 4. The predicted molar refractivity (Wildman–Crippen MR) is 115 cm³/mol. The van der Waals surface area contributed by atoms with Gasteiger partial charge in [-0.05, 0) is 75.4 Å². The highest BCUT2D eigenvalue weighted by Gasteiger charge is 2.48. The Kier molecular flexibility index (Phi) is 5.41. The second-order valence-electron chi connectivity index (χ2n) is 8.27. The number of amides is 2. The highest BCUT2D eigenvalue weighted by atomic mass is 19.1. The van der Waals surface area contributed by atoms with Crippen LogP contribution in [-0.4, -0.2) is 34.6 Å². The monoisotopic (exact) mass is 407 g/mol. The Morgan fingerprint density at radius 1 is 1.10 bits per heavy atom. The average Bonchev–Trinajstić information content (AvgIpc) is 2.97.